The number of hydrogen-bond donors (Lipinski definition) is 2. The van der Waals surface area contributed by atoms with E-state index in [1.807, 2.05) is 0 Å². The molecule has 1 unspecified atom stereocenters. The molecule has 0 radical (unpaired) electrons. The third kappa shape index (κ3) is 1.21. The average Bonchev–Trinajstić information content (AvgIpc) is 2.56. The molecule has 2 heteroatoms. The Morgan fingerprint density at radius 2 is 2.07 bits per heavy atom. The molecule has 0 amide bonds. The lowest BCUT2D eigenvalue weighted by molar-refractivity contribution is 0.495. The van der Waals surface area contributed by atoms with Gasteiger partial charge in [-0.1, -0.05) is 6.92 Å². The molecule has 14 heavy (non-hydrogen) atoms. The largest absolute Gasteiger partial charge is 0.361 e. The van der Waals surface area contributed by atoms with Crippen molar-refractivity contribution in [1.82, 2.24) is 10.3 Å². The van der Waals surface area contributed by atoms with Crippen LogP contribution in [0.3, 0.4) is 0 Å². The molecule has 3 rings (SSSR count). The van der Waals surface area contributed by atoms with Crippen molar-refractivity contribution in [2.24, 2.45) is 5.92 Å². The molecule has 1 aromatic heterocycles. The third-order valence-electron chi connectivity index (χ3n) is 3.69. The average molecular weight is 190 g/mol. The van der Waals surface area contributed by atoms with Gasteiger partial charge >= 0.3 is 0 Å². The minimum atomic E-state index is 0.886. The summed E-state index contributed by atoms with van der Waals surface area (Å²) in [5.74, 6) is 0.886. The highest BCUT2D eigenvalue weighted by atomic mass is 14.9. The van der Waals surface area contributed by atoms with Crippen LogP contribution in [0.4, 0.5) is 0 Å². The van der Waals surface area contributed by atoms with E-state index in [9.17, 15) is 0 Å². The van der Waals surface area contributed by atoms with E-state index in [-0.39, 0.29) is 0 Å². The Morgan fingerprint density at radius 3 is 3.00 bits per heavy atom. The highest BCUT2D eigenvalue weighted by molar-refractivity contribution is 5.40. The molecule has 1 aliphatic heterocycles. The summed E-state index contributed by atoms with van der Waals surface area (Å²) >= 11 is 0. The normalized spacial score (nSPS) is 25.6. The quantitative estimate of drug-likeness (QED) is 0.641. The molecule has 2 nitrogen and oxygen atoms in total. The number of aromatic amines is 1. The molecule has 2 aliphatic rings. The number of aromatic nitrogens is 1. The summed E-state index contributed by atoms with van der Waals surface area (Å²) in [4.78, 5) is 3.61. The van der Waals surface area contributed by atoms with Crippen molar-refractivity contribution in [2.75, 3.05) is 6.54 Å². The van der Waals surface area contributed by atoms with E-state index in [4.69, 9.17) is 0 Å². The maximum Gasteiger partial charge on any atom is 0.0360 e. The molecule has 76 valence electrons. The Labute approximate surface area is 85.1 Å². The molecule has 0 bridgehead atoms. The molecule has 0 fully saturated rings. The van der Waals surface area contributed by atoms with Crippen molar-refractivity contribution >= 4 is 0 Å². The number of nitrogens with one attached hydrogen (secondary N) is 2. The van der Waals surface area contributed by atoms with Crippen molar-refractivity contribution in [3.8, 4) is 0 Å². The zero-order valence-corrected chi connectivity index (χ0v) is 8.82. The molecule has 1 atom stereocenters. The van der Waals surface area contributed by atoms with Crippen LogP contribution in [-0.2, 0) is 25.8 Å². The first kappa shape index (κ1) is 8.54. The van der Waals surface area contributed by atoms with Crippen LogP contribution < -0.4 is 5.32 Å². The maximum absolute atomic E-state index is 3.61. The van der Waals surface area contributed by atoms with Crippen LogP contribution in [0.25, 0.3) is 0 Å². The number of fused-ring (bicyclic) bond motifs is 3. The number of hydrogen-bond acceptors (Lipinski definition) is 1. The van der Waals surface area contributed by atoms with Gasteiger partial charge in [-0.25, -0.2) is 0 Å². The summed E-state index contributed by atoms with van der Waals surface area (Å²) in [6.45, 7) is 4.59. The van der Waals surface area contributed by atoms with Crippen LogP contribution in [0, 0.1) is 5.92 Å². The summed E-state index contributed by atoms with van der Waals surface area (Å²) in [7, 11) is 0. The lowest BCUT2D eigenvalue weighted by atomic mass is 9.86. The van der Waals surface area contributed by atoms with Gasteiger partial charge in [0.2, 0.25) is 0 Å². The van der Waals surface area contributed by atoms with E-state index in [1.54, 1.807) is 11.1 Å². The van der Waals surface area contributed by atoms with Crippen LogP contribution in [0.15, 0.2) is 0 Å². The second-order valence-corrected chi connectivity index (χ2v) is 4.81. The topological polar surface area (TPSA) is 27.8 Å². The Hall–Kier alpha value is -0.760. The fourth-order valence-electron chi connectivity index (χ4n) is 2.88. The van der Waals surface area contributed by atoms with Crippen LogP contribution in [-0.4, -0.2) is 11.5 Å². The van der Waals surface area contributed by atoms with Gasteiger partial charge in [-0.15, -0.1) is 0 Å². The van der Waals surface area contributed by atoms with Gasteiger partial charge in [-0.2, -0.15) is 0 Å². The first-order valence-corrected chi connectivity index (χ1v) is 5.77. The molecule has 2 N–H and O–H groups in total. The minimum absolute atomic E-state index is 0.886. The highest BCUT2D eigenvalue weighted by Crippen LogP contribution is 2.31. The second kappa shape index (κ2) is 3.13. The Bertz CT molecular complexity index is 351. The van der Waals surface area contributed by atoms with Crippen LogP contribution in [0.5, 0.6) is 0 Å². The number of aryl methyl sites for hydroxylation is 1. The summed E-state index contributed by atoms with van der Waals surface area (Å²) in [5, 5.41) is 3.43. The summed E-state index contributed by atoms with van der Waals surface area (Å²) in [6.07, 6.45) is 5.17. The molecular formula is C12H18N2. The van der Waals surface area contributed by atoms with Gasteiger partial charge in [0.05, 0.1) is 0 Å². The Balaban J connectivity index is 2.05. The molecule has 0 saturated carbocycles. The maximum atomic E-state index is 3.61. The van der Waals surface area contributed by atoms with E-state index in [0.717, 1.165) is 19.0 Å². The lowest BCUT2D eigenvalue weighted by Gasteiger charge is -2.20. The first-order chi connectivity index (χ1) is 6.84. The second-order valence-electron chi connectivity index (χ2n) is 4.81. The predicted molar refractivity (Wildman–Crippen MR) is 57.4 cm³/mol. The van der Waals surface area contributed by atoms with E-state index >= 15 is 0 Å². The predicted octanol–water partition coefficient (Wildman–Crippen LogP) is 1.79. The molecule has 0 saturated heterocycles. The standard InChI is InChI=1S/C12H18N2/c1-8-2-3-11-10(6-8)9-4-5-13-7-12(9)14-11/h8,13-14H,2-7H2,1H3. The molecule has 1 aromatic rings. The first-order valence-electron chi connectivity index (χ1n) is 5.77. The van der Waals surface area contributed by atoms with Gasteiger partial charge < -0.3 is 10.3 Å². The van der Waals surface area contributed by atoms with Gasteiger partial charge in [-0.3, -0.25) is 0 Å². The minimum Gasteiger partial charge on any atom is -0.361 e. The summed E-state index contributed by atoms with van der Waals surface area (Å²) in [6, 6.07) is 0. The molecule has 1 aliphatic carbocycles. The SMILES string of the molecule is CC1CCc2[nH]c3c(c2C1)CCNC3. The van der Waals surface area contributed by atoms with Crippen LogP contribution in [0.2, 0.25) is 0 Å². The third-order valence-corrected chi connectivity index (χ3v) is 3.69. The van der Waals surface area contributed by atoms with Gasteiger partial charge in [0.15, 0.2) is 0 Å². The fourth-order valence-corrected chi connectivity index (χ4v) is 2.88. The van der Waals surface area contributed by atoms with Crippen molar-refractivity contribution in [2.45, 2.75) is 39.2 Å². The molecule has 0 spiro atoms. The van der Waals surface area contributed by atoms with E-state index in [0.29, 0.717) is 0 Å². The van der Waals surface area contributed by atoms with Gasteiger partial charge in [-0.05, 0) is 49.3 Å². The fraction of sp³-hybridized carbons (Fsp3) is 0.667. The number of H-pyrrole nitrogens is 1. The van der Waals surface area contributed by atoms with Gasteiger partial charge in [0, 0.05) is 17.9 Å². The van der Waals surface area contributed by atoms with E-state index in [2.05, 4.69) is 17.2 Å². The zero-order chi connectivity index (χ0) is 9.54. The molecule has 0 aromatic carbocycles. The van der Waals surface area contributed by atoms with Crippen LogP contribution in [0.1, 0.15) is 35.9 Å². The van der Waals surface area contributed by atoms with E-state index in [1.165, 1.54) is 37.1 Å². The summed E-state index contributed by atoms with van der Waals surface area (Å²) < 4.78 is 0. The highest BCUT2D eigenvalue weighted by Gasteiger charge is 2.24. The monoisotopic (exact) mass is 190 g/mol. The molecular weight excluding hydrogens is 172 g/mol. The van der Waals surface area contributed by atoms with Gasteiger partial charge in [0.1, 0.15) is 0 Å². The lowest BCUT2D eigenvalue weighted by Crippen LogP contribution is -2.23. The number of rotatable bonds is 0. The summed E-state index contributed by atoms with van der Waals surface area (Å²) in [5.41, 5.74) is 6.32. The molecule has 2 heterocycles. The zero-order valence-electron chi connectivity index (χ0n) is 8.82. The Kier molecular flexibility index (Phi) is 1.91. The van der Waals surface area contributed by atoms with Crippen molar-refractivity contribution in [3.05, 3.63) is 22.5 Å². The Morgan fingerprint density at radius 1 is 1.14 bits per heavy atom. The van der Waals surface area contributed by atoms with E-state index < -0.39 is 0 Å². The van der Waals surface area contributed by atoms with Crippen molar-refractivity contribution < 1.29 is 0 Å². The van der Waals surface area contributed by atoms with Crippen LogP contribution >= 0.6 is 0 Å². The smallest absolute Gasteiger partial charge is 0.0360 e. The van der Waals surface area contributed by atoms with Crippen molar-refractivity contribution in [1.29, 1.82) is 0 Å². The van der Waals surface area contributed by atoms with Gasteiger partial charge in [0.25, 0.3) is 0 Å². The van der Waals surface area contributed by atoms with Crippen molar-refractivity contribution in [3.63, 3.8) is 0 Å².